The first-order valence-corrected chi connectivity index (χ1v) is 46.4. The Balaban J connectivity index is 1.09. The second-order valence-corrected chi connectivity index (χ2v) is 33.1. The van der Waals surface area contributed by atoms with Crippen LogP contribution >= 0.6 is 0 Å². The quantitative estimate of drug-likeness (QED) is 0.0139. The van der Waals surface area contributed by atoms with E-state index < -0.39 is 66.8 Å². The highest BCUT2D eigenvalue weighted by atomic mass is 16.7. The first kappa shape index (κ1) is 96.6. The fraction of sp³-hybridized carbons (Fsp3) is 0.673. The summed E-state index contributed by atoms with van der Waals surface area (Å²) in [6.07, 6.45) is 58.5. The molecule has 0 unspecified atom stereocenters. The number of aromatic amines is 1. The van der Waals surface area contributed by atoms with Gasteiger partial charge in [0.1, 0.15) is 29.4 Å². The van der Waals surface area contributed by atoms with E-state index in [2.05, 4.69) is 41.0 Å². The normalized spacial score (nSPS) is 14.8. The molecule has 3 atom stereocenters. The number of aromatic nitrogens is 4. The van der Waals surface area contributed by atoms with E-state index >= 15 is 0 Å². The maximum atomic E-state index is 14.8. The lowest BCUT2D eigenvalue weighted by Crippen LogP contribution is -2.47. The highest BCUT2D eigenvalue weighted by molar-refractivity contribution is 5.92. The summed E-state index contributed by atoms with van der Waals surface area (Å²) < 4.78 is 58.8. The number of nitrogens with one attached hydrogen (secondary N) is 2. The molecule has 0 bridgehead atoms. The third-order valence-electron chi connectivity index (χ3n) is 23.0. The van der Waals surface area contributed by atoms with Crippen molar-refractivity contribution in [2.24, 2.45) is 5.92 Å². The van der Waals surface area contributed by atoms with Gasteiger partial charge in [0.15, 0.2) is 29.3 Å². The van der Waals surface area contributed by atoms with Crippen molar-refractivity contribution in [1.82, 2.24) is 19.5 Å². The molecule has 0 spiro atoms. The van der Waals surface area contributed by atoms with E-state index in [9.17, 15) is 24.3 Å². The largest absolute Gasteiger partial charge is 0.497 e. The minimum Gasteiger partial charge on any atom is -0.497 e. The van der Waals surface area contributed by atoms with E-state index in [1.807, 2.05) is 78.9 Å². The van der Waals surface area contributed by atoms with Crippen LogP contribution in [0.15, 0.2) is 102 Å². The molecule has 0 aliphatic carbocycles. The average Bonchev–Trinajstić information content (AvgIpc) is 1.74. The maximum absolute atomic E-state index is 14.8. The number of esters is 2. The number of nitrogens with zero attached hydrogens (tertiary/aromatic N) is 3. The number of amides is 1. The van der Waals surface area contributed by atoms with Crippen LogP contribution in [-0.4, -0.2) is 102 Å². The second kappa shape index (κ2) is 57.6. The van der Waals surface area contributed by atoms with Crippen molar-refractivity contribution < 1.29 is 62.1 Å². The molecule has 2 aromatic heterocycles. The number of H-pyrrole nitrogens is 1. The number of imidazole rings is 1. The highest BCUT2D eigenvalue weighted by Gasteiger charge is 2.54. The van der Waals surface area contributed by atoms with Crippen LogP contribution < -0.4 is 34.6 Å². The van der Waals surface area contributed by atoms with Crippen LogP contribution in [0.2, 0.25) is 0 Å². The minimum absolute atomic E-state index is 0.0143. The fourth-order valence-corrected chi connectivity index (χ4v) is 15.9. The molecule has 6 aromatic rings. The zero-order valence-corrected chi connectivity index (χ0v) is 73.2. The predicted octanol–water partition coefficient (Wildman–Crippen LogP) is 25.0. The summed E-state index contributed by atoms with van der Waals surface area (Å²) in [6, 6.07) is 27.7. The van der Waals surface area contributed by atoms with E-state index in [0.29, 0.717) is 65.3 Å². The number of ether oxygens (including phenoxy) is 9. The number of unbranched alkanes of at least 4 members (excludes halogenated alkanes) is 45. The van der Waals surface area contributed by atoms with E-state index in [0.717, 1.165) is 57.8 Å². The van der Waals surface area contributed by atoms with Crippen molar-refractivity contribution >= 4 is 35.0 Å². The maximum Gasteiger partial charge on any atom is 0.346 e. The molecule has 7 rings (SSSR count). The van der Waals surface area contributed by atoms with Crippen molar-refractivity contribution in [3.8, 4) is 28.7 Å². The van der Waals surface area contributed by atoms with E-state index in [1.165, 1.54) is 261 Å². The van der Waals surface area contributed by atoms with Gasteiger partial charge in [-0.1, -0.05) is 378 Å². The van der Waals surface area contributed by atoms with Crippen molar-refractivity contribution in [2.45, 2.75) is 373 Å². The lowest BCUT2D eigenvalue weighted by atomic mass is 9.80. The summed E-state index contributed by atoms with van der Waals surface area (Å²) >= 11 is 0. The minimum atomic E-state index is -2.50. The molecule has 1 aliphatic heterocycles. The molecular weight excluding hydrogens is 1470 g/mol. The molecule has 4 aromatic carbocycles. The number of hydrogen-bond acceptors (Lipinski definition) is 16. The van der Waals surface area contributed by atoms with Crippen LogP contribution in [0.5, 0.6) is 28.7 Å². The van der Waals surface area contributed by atoms with Crippen molar-refractivity contribution in [2.75, 3.05) is 52.6 Å². The lowest BCUT2D eigenvalue weighted by Gasteiger charge is -2.38. The van der Waals surface area contributed by atoms with Gasteiger partial charge in [-0.15, -0.1) is 0 Å². The Kier molecular flexibility index (Phi) is 47.6. The number of fused-ring (bicyclic) bond motifs is 1. The molecule has 19 nitrogen and oxygen atoms in total. The van der Waals surface area contributed by atoms with Gasteiger partial charge in [0, 0.05) is 5.92 Å². The number of aliphatic hydroxyl groups is 1. The number of carbonyl (C=O) groups is 3. The Morgan fingerprint density at radius 1 is 0.530 bits per heavy atom. The fourth-order valence-electron chi connectivity index (χ4n) is 15.9. The Hall–Kier alpha value is -7.48. The summed E-state index contributed by atoms with van der Waals surface area (Å²) in [6.45, 7) is 10.1. The molecule has 1 saturated heterocycles. The van der Waals surface area contributed by atoms with Crippen molar-refractivity contribution in [3.63, 3.8) is 0 Å². The van der Waals surface area contributed by atoms with Crippen LogP contribution in [0.1, 0.15) is 383 Å². The van der Waals surface area contributed by atoms with Gasteiger partial charge in [-0.25, -0.2) is 14.6 Å². The van der Waals surface area contributed by atoms with Crippen LogP contribution in [-0.2, 0) is 34.1 Å². The number of anilines is 1. The van der Waals surface area contributed by atoms with Crippen molar-refractivity contribution in [1.29, 1.82) is 0 Å². The number of benzene rings is 4. The molecule has 0 saturated carbocycles. The summed E-state index contributed by atoms with van der Waals surface area (Å²) in [4.78, 5) is 67.5. The van der Waals surface area contributed by atoms with Gasteiger partial charge in [0.25, 0.3) is 5.56 Å². The Bertz CT molecular complexity index is 3590. The zero-order chi connectivity index (χ0) is 83.2. The summed E-state index contributed by atoms with van der Waals surface area (Å²) in [5.41, 5.74) is 0.0354. The molecule has 652 valence electrons. The molecule has 3 heterocycles. The smallest absolute Gasteiger partial charge is 0.346 e. The predicted molar refractivity (Wildman–Crippen MR) is 471 cm³/mol. The molecule has 1 aliphatic rings. The third kappa shape index (κ3) is 35.0. The number of rotatable bonds is 69. The first-order valence-electron chi connectivity index (χ1n) is 46.4. The molecule has 3 N–H and O–H groups in total. The SMILES string of the molecule is CCCCCCCCCCCCCCCCCCOc1cc(C(=O)OCC(=O)O[C@]2(O)C[C@H](n3cnc4c(=O)[nH]c(NC(=O)C(C)C)nc43)O[C@@H]2COC(c2ccccc2)(c2ccc(OC)cc2)c2ccc(OC)cc2)cc(OCCCCCCCCCCCCCCCCCC)c1OCCCCCCCCCCCCCCCCCC. The van der Waals surface area contributed by atoms with Gasteiger partial charge < -0.3 is 47.7 Å². The molecule has 19 heteroatoms. The zero-order valence-electron chi connectivity index (χ0n) is 73.2. The number of hydrogen-bond donors (Lipinski definition) is 3. The monoisotopic (exact) mass is 1620 g/mol. The Morgan fingerprint density at radius 2 is 0.906 bits per heavy atom. The van der Waals surface area contributed by atoms with Crippen LogP contribution in [0.3, 0.4) is 0 Å². The lowest BCUT2D eigenvalue weighted by molar-refractivity contribution is -0.239. The molecular formula is C98H151N5O14. The molecule has 0 radical (unpaired) electrons. The number of carbonyl (C=O) groups excluding carboxylic acids is 3. The average molecular weight is 1620 g/mol. The third-order valence-corrected chi connectivity index (χ3v) is 23.0. The highest BCUT2D eigenvalue weighted by Crippen LogP contribution is 2.46. The van der Waals surface area contributed by atoms with Gasteiger partial charge in [-0.05, 0) is 72.4 Å². The molecule has 1 amide bonds. The summed E-state index contributed by atoms with van der Waals surface area (Å²) in [7, 11) is 3.18. The topological polar surface area (TPSA) is 230 Å². The summed E-state index contributed by atoms with van der Waals surface area (Å²) in [5, 5.41) is 15.8. The van der Waals surface area contributed by atoms with Crippen LogP contribution in [0.25, 0.3) is 11.2 Å². The van der Waals surface area contributed by atoms with Gasteiger partial charge in [0.05, 0.1) is 59.0 Å². The van der Waals surface area contributed by atoms with E-state index in [-0.39, 0.29) is 28.6 Å². The van der Waals surface area contributed by atoms with Crippen LogP contribution in [0.4, 0.5) is 5.95 Å². The summed E-state index contributed by atoms with van der Waals surface area (Å²) in [5.74, 6) is -3.01. The van der Waals surface area contributed by atoms with Gasteiger partial charge >= 0.3 is 11.9 Å². The van der Waals surface area contributed by atoms with E-state index in [4.69, 9.17) is 42.6 Å². The van der Waals surface area contributed by atoms with Gasteiger partial charge in [0.2, 0.25) is 23.4 Å². The Morgan fingerprint density at radius 3 is 1.29 bits per heavy atom. The number of methoxy groups -OCH3 is 2. The van der Waals surface area contributed by atoms with Crippen LogP contribution in [0, 0.1) is 5.92 Å². The molecule has 117 heavy (non-hydrogen) atoms. The van der Waals surface area contributed by atoms with Crippen molar-refractivity contribution in [3.05, 3.63) is 130 Å². The Labute approximate surface area is 703 Å². The van der Waals surface area contributed by atoms with Gasteiger partial charge in [-0.3, -0.25) is 24.5 Å². The van der Waals surface area contributed by atoms with E-state index in [1.54, 1.807) is 40.2 Å². The first-order chi connectivity index (χ1) is 57.3. The second-order valence-electron chi connectivity index (χ2n) is 33.1. The molecule has 1 fully saturated rings. The van der Waals surface area contributed by atoms with Gasteiger partial charge in [-0.2, -0.15) is 4.98 Å². The standard InChI is InChI=1S/C98H151N5O14/c1-8-11-14-17-20-23-26-29-32-35-38-41-44-47-50-56-69-111-85-72-79(73-86(112-70-57-51-48-45-42-39-36-33-30-27-24-21-18-15-12-9-2)91(85)113-71-58-52-49-46-43-40-37-34-31-28-25-22-19-16-13-10-3)95(107)114-76-89(104)117-97(108)74-88(103-77-99-90-92(103)100-96(102-94(90)106)101-93(105)78(4)5)116-87(97)75-115-98(80-59-54-53-55-60-80,81-61-65-83(109-6)66-62-81)82-63-67-84(110-7)68-64-82/h53-55,59-68,72-73,77-78,87-88,108H,8-52,56-58,69-71,74-76H2,1-7H3,(H2,100,101,102,105,106)/t87-,88-,97-/m1/s1.